The highest BCUT2D eigenvalue weighted by Crippen LogP contribution is 2.12. The van der Waals surface area contributed by atoms with Crippen molar-refractivity contribution in [3.63, 3.8) is 0 Å². The van der Waals surface area contributed by atoms with Crippen molar-refractivity contribution < 1.29 is 22.0 Å². The molecule has 1 aromatic heterocycles. The molecule has 1 heterocycles. The zero-order valence-corrected chi connectivity index (χ0v) is 15.0. The van der Waals surface area contributed by atoms with Crippen molar-refractivity contribution in [1.82, 2.24) is 10.0 Å². The van der Waals surface area contributed by atoms with Gasteiger partial charge in [0, 0.05) is 17.7 Å². The molecule has 3 rings (SSSR count). The fourth-order valence-corrected chi connectivity index (χ4v) is 3.36. The molecule has 2 N–H and O–H groups in total. The molecule has 0 spiro atoms. The number of furan rings is 1. The van der Waals surface area contributed by atoms with Crippen molar-refractivity contribution in [3.05, 3.63) is 89.6 Å². The fourth-order valence-electron chi connectivity index (χ4n) is 2.37. The lowest BCUT2D eigenvalue weighted by molar-refractivity contribution is 0.0950. The molecule has 1 amide bonds. The number of benzene rings is 2. The molecule has 0 aliphatic rings. The van der Waals surface area contributed by atoms with E-state index in [0.717, 1.165) is 0 Å². The number of sulfonamides is 1. The topological polar surface area (TPSA) is 88.4 Å². The Morgan fingerprint density at radius 1 is 0.963 bits per heavy atom. The first-order valence-corrected chi connectivity index (χ1v) is 9.58. The first-order chi connectivity index (χ1) is 13.0. The zero-order valence-electron chi connectivity index (χ0n) is 14.2. The maximum Gasteiger partial charge on any atom is 0.251 e. The van der Waals surface area contributed by atoms with Crippen LogP contribution in [0.2, 0.25) is 0 Å². The van der Waals surface area contributed by atoms with Gasteiger partial charge in [-0.2, -0.15) is 0 Å². The van der Waals surface area contributed by atoms with E-state index in [0.29, 0.717) is 11.3 Å². The van der Waals surface area contributed by atoms with E-state index in [-0.39, 0.29) is 23.5 Å². The number of hydrogen-bond acceptors (Lipinski definition) is 4. The minimum Gasteiger partial charge on any atom is -0.468 e. The average Bonchev–Trinajstić information content (AvgIpc) is 3.19. The van der Waals surface area contributed by atoms with E-state index < -0.39 is 21.7 Å². The van der Waals surface area contributed by atoms with E-state index in [1.807, 2.05) is 0 Å². The van der Waals surface area contributed by atoms with Crippen LogP contribution in [0.3, 0.4) is 0 Å². The van der Waals surface area contributed by atoms with E-state index in [2.05, 4.69) is 10.0 Å². The molecule has 0 bridgehead atoms. The summed E-state index contributed by atoms with van der Waals surface area (Å²) >= 11 is 0. The van der Waals surface area contributed by atoms with Crippen LogP contribution in [-0.4, -0.2) is 14.3 Å². The van der Waals surface area contributed by atoms with Gasteiger partial charge in [-0.05, 0) is 42.5 Å². The third-order valence-electron chi connectivity index (χ3n) is 3.84. The summed E-state index contributed by atoms with van der Waals surface area (Å²) in [6.07, 6.45) is 1.46. The summed E-state index contributed by atoms with van der Waals surface area (Å²) in [5.74, 6) is -0.338. The summed E-state index contributed by atoms with van der Waals surface area (Å²) < 4.78 is 45.6. The van der Waals surface area contributed by atoms with Crippen LogP contribution in [0.15, 0.2) is 76.2 Å². The average molecular weight is 388 g/mol. The van der Waals surface area contributed by atoms with Crippen LogP contribution in [0.4, 0.5) is 4.39 Å². The number of rotatable bonds is 7. The minimum atomic E-state index is -3.73. The number of hydrogen-bond donors (Lipinski definition) is 2. The molecule has 140 valence electrons. The maximum absolute atomic E-state index is 13.6. The quantitative estimate of drug-likeness (QED) is 0.651. The Labute approximate surface area is 156 Å². The van der Waals surface area contributed by atoms with Gasteiger partial charge in [0.15, 0.2) is 0 Å². The van der Waals surface area contributed by atoms with Gasteiger partial charge in [0.05, 0.1) is 17.7 Å². The molecule has 0 unspecified atom stereocenters. The third-order valence-corrected chi connectivity index (χ3v) is 5.26. The lowest BCUT2D eigenvalue weighted by Crippen LogP contribution is -2.24. The summed E-state index contributed by atoms with van der Waals surface area (Å²) in [7, 11) is -3.73. The molecule has 2 aromatic carbocycles. The first kappa shape index (κ1) is 18.8. The molecule has 0 radical (unpaired) electrons. The van der Waals surface area contributed by atoms with Gasteiger partial charge < -0.3 is 9.73 Å². The molecule has 3 aromatic rings. The molecule has 0 saturated carbocycles. The van der Waals surface area contributed by atoms with E-state index in [1.165, 1.54) is 36.6 Å². The second-order valence-electron chi connectivity index (χ2n) is 5.70. The molecule has 0 atom stereocenters. The largest absolute Gasteiger partial charge is 0.468 e. The lowest BCUT2D eigenvalue weighted by Gasteiger charge is -2.08. The Hall–Kier alpha value is -2.97. The lowest BCUT2D eigenvalue weighted by atomic mass is 10.2. The predicted octanol–water partition coefficient (Wildman–Crippen LogP) is 2.83. The molecule has 6 nitrogen and oxygen atoms in total. The van der Waals surface area contributed by atoms with Crippen LogP contribution in [0.5, 0.6) is 0 Å². The van der Waals surface area contributed by atoms with Crippen LogP contribution >= 0.6 is 0 Å². The molecule has 27 heavy (non-hydrogen) atoms. The second kappa shape index (κ2) is 8.15. The minimum absolute atomic E-state index is 0.0275. The number of carbonyl (C=O) groups is 1. The smallest absolute Gasteiger partial charge is 0.251 e. The van der Waals surface area contributed by atoms with E-state index in [1.54, 1.807) is 30.3 Å². The van der Waals surface area contributed by atoms with E-state index in [4.69, 9.17) is 4.42 Å². The van der Waals surface area contributed by atoms with Crippen molar-refractivity contribution in [1.29, 1.82) is 0 Å². The van der Waals surface area contributed by atoms with Gasteiger partial charge in [-0.3, -0.25) is 4.79 Å². The van der Waals surface area contributed by atoms with Crippen LogP contribution in [0.25, 0.3) is 0 Å². The van der Waals surface area contributed by atoms with Crippen molar-refractivity contribution in [2.75, 3.05) is 0 Å². The molecule has 0 aliphatic carbocycles. The predicted molar refractivity (Wildman–Crippen MR) is 96.7 cm³/mol. The Kier molecular flexibility index (Phi) is 5.68. The number of halogens is 1. The highest BCUT2D eigenvalue weighted by molar-refractivity contribution is 7.89. The molecule has 0 aliphatic heterocycles. The second-order valence-corrected chi connectivity index (χ2v) is 7.47. The summed E-state index contributed by atoms with van der Waals surface area (Å²) in [6.45, 7) is 0.0659. The highest BCUT2D eigenvalue weighted by Gasteiger charge is 2.15. The standard InChI is InChI=1S/C19H17FN2O4S/c20-18-6-2-1-4-15(18)12-21-19(23)14-7-9-17(10-8-14)27(24,25)22-13-16-5-3-11-26-16/h1-11,22H,12-13H2,(H,21,23). The Balaban J connectivity index is 1.62. The monoisotopic (exact) mass is 388 g/mol. The van der Waals surface area contributed by atoms with Crippen molar-refractivity contribution >= 4 is 15.9 Å². The van der Waals surface area contributed by atoms with Crippen LogP contribution in [0.1, 0.15) is 21.7 Å². The number of carbonyl (C=O) groups excluding carboxylic acids is 1. The number of amides is 1. The molecule has 0 saturated heterocycles. The molecule has 0 fully saturated rings. The summed E-state index contributed by atoms with van der Waals surface area (Å²) in [6, 6.07) is 14.9. The van der Waals surface area contributed by atoms with Crippen LogP contribution < -0.4 is 10.0 Å². The van der Waals surface area contributed by atoms with Gasteiger partial charge in [0.25, 0.3) is 5.91 Å². The van der Waals surface area contributed by atoms with E-state index >= 15 is 0 Å². The van der Waals surface area contributed by atoms with Gasteiger partial charge in [0.1, 0.15) is 11.6 Å². The SMILES string of the molecule is O=C(NCc1ccccc1F)c1ccc(S(=O)(=O)NCc2ccco2)cc1. The van der Waals surface area contributed by atoms with Gasteiger partial charge >= 0.3 is 0 Å². The fraction of sp³-hybridized carbons (Fsp3) is 0.105. The molecular weight excluding hydrogens is 371 g/mol. The van der Waals surface area contributed by atoms with Gasteiger partial charge in [-0.15, -0.1) is 0 Å². The van der Waals surface area contributed by atoms with E-state index in [9.17, 15) is 17.6 Å². The van der Waals surface area contributed by atoms with Gasteiger partial charge in [-0.25, -0.2) is 17.5 Å². The van der Waals surface area contributed by atoms with Crippen LogP contribution in [-0.2, 0) is 23.1 Å². The molecule has 8 heteroatoms. The summed E-state index contributed by atoms with van der Waals surface area (Å²) in [5, 5.41) is 2.60. The van der Waals surface area contributed by atoms with Gasteiger partial charge in [-0.1, -0.05) is 18.2 Å². The van der Waals surface area contributed by atoms with Crippen molar-refractivity contribution in [3.8, 4) is 0 Å². The first-order valence-electron chi connectivity index (χ1n) is 8.09. The number of nitrogens with one attached hydrogen (secondary N) is 2. The van der Waals surface area contributed by atoms with Crippen LogP contribution in [0, 0.1) is 5.82 Å². The summed E-state index contributed by atoms with van der Waals surface area (Å²) in [4.78, 5) is 12.2. The van der Waals surface area contributed by atoms with Gasteiger partial charge in [0.2, 0.25) is 10.0 Å². The Bertz CT molecular complexity index is 1020. The normalized spacial score (nSPS) is 11.3. The van der Waals surface area contributed by atoms with Crippen molar-refractivity contribution in [2.45, 2.75) is 18.0 Å². The molecular formula is C19H17FN2O4S. The Morgan fingerprint density at radius 2 is 1.70 bits per heavy atom. The maximum atomic E-state index is 13.6. The highest BCUT2D eigenvalue weighted by atomic mass is 32.2. The Morgan fingerprint density at radius 3 is 2.37 bits per heavy atom. The third kappa shape index (κ3) is 4.81. The summed E-state index contributed by atoms with van der Waals surface area (Å²) in [5.41, 5.74) is 0.642. The zero-order chi connectivity index (χ0) is 19.3. The van der Waals surface area contributed by atoms with Crippen molar-refractivity contribution in [2.24, 2.45) is 0 Å².